The minimum Gasteiger partial charge on any atom is -0.332 e. The summed E-state index contributed by atoms with van der Waals surface area (Å²) >= 11 is 0. The zero-order valence-electron chi connectivity index (χ0n) is 25.4. The molecule has 2 unspecified atom stereocenters. The van der Waals surface area contributed by atoms with Crippen molar-refractivity contribution in [2.45, 2.75) is 200 Å². The van der Waals surface area contributed by atoms with Crippen LogP contribution in [0, 0.1) is 0 Å². The Hall–Kier alpha value is -0.790. The van der Waals surface area contributed by atoms with Crippen molar-refractivity contribution < 1.29 is 0 Å². The van der Waals surface area contributed by atoms with Gasteiger partial charge >= 0.3 is 0 Å². The Kier molecular flexibility index (Phi) is 22.7. The number of nitrogens with zero attached hydrogens (tertiary/aromatic N) is 2. The van der Waals surface area contributed by atoms with Crippen LogP contribution in [0.5, 0.6) is 0 Å². The van der Waals surface area contributed by atoms with Gasteiger partial charge in [0.25, 0.3) is 0 Å². The van der Waals surface area contributed by atoms with Crippen LogP contribution in [-0.2, 0) is 0 Å². The Morgan fingerprint density at radius 1 is 0.528 bits per heavy atom. The van der Waals surface area contributed by atoms with E-state index in [1.165, 1.54) is 166 Å². The summed E-state index contributed by atoms with van der Waals surface area (Å²) in [6, 6.07) is 0.591. The third-order valence-electron chi connectivity index (χ3n) is 8.33. The Balaban J connectivity index is 2.40. The minimum absolute atomic E-state index is 0.591. The summed E-state index contributed by atoms with van der Waals surface area (Å²) in [5.41, 5.74) is 0. The molecular formula is C34H66N2. The second kappa shape index (κ2) is 24.5. The highest BCUT2D eigenvalue weighted by atomic mass is 15.1. The largest absolute Gasteiger partial charge is 0.332 e. The summed E-state index contributed by atoms with van der Waals surface area (Å²) in [6.45, 7) is 9.36. The number of hydrogen-bond donors (Lipinski definition) is 0. The van der Waals surface area contributed by atoms with Crippen LogP contribution in [0.2, 0.25) is 0 Å². The number of hydrogen-bond acceptors (Lipinski definition) is 1. The molecule has 1 aromatic heterocycles. The maximum Gasteiger partial charge on any atom is 0.111 e. The van der Waals surface area contributed by atoms with Crippen molar-refractivity contribution in [3.63, 3.8) is 0 Å². The van der Waals surface area contributed by atoms with Gasteiger partial charge in [-0.2, -0.15) is 0 Å². The molecule has 0 saturated heterocycles. The molecule has 0 aliphatic heterocycles. The summed E-state index contributed by atoms with van der Waals surface area (Å²) in [6.07, 6.45) is 39.3. The zero-order chi connectivity index (χ0) is 26.1. The standard InChI is InChI=1S/C34H66N2/c1-5-8-11-14-16-17-18-19-21-23-26-29-33(28-25-13-10-7-3)34-35-30-31-36(34)32(4)27-24-22-20-15-12-9-6-2/h30-33H,5-29H2,1-4H3. The molecule has 2 nitrogen and oxygen atoms in total. The van der Waals surface area contributed by atoms with Crippen LogP contribution >= 0.6 is 0 Å². The number of rotatable bonds is 27. The lowest BCUT2D eigenvalue weighted by molar-refractivity contribution is 0.413. The first kappa shape index (κ1) is 33.2. The van der Waals surface area contributed by atoms with E-state index in [1.54, 1.807) is 0 Å². The molecule has 36 heavy (non-hydrogen) atoms. The van der Waals surface area contributed by atoms with Crippen molar-refractivity contribution in [1.82, 2.24) is 9.55 Å². The van der Waals surface area contributed by atoms with E-state index in [0.717, 1.165) is 0 Å². The van der Waals surface area contributed by atoms with Gasteiger partial charge in [0.05, 0.1) is 0 Å². The Morgan fingerprint density at radius 2 is 0.889 bits per heavy atom. The average Bonchev–Trinajstić information content (AvgIpc) is 3.38. The molecule has 212 valence electrons. The van der Waals surface area contributed by atoms with E-state index in [2.05, 4.69) is 44.7 Å². The topological polar surface area (TPSA) is 17.8 Å². The van der Waals surface area contributed by atoms with Gasteiger partial charge in [0.15, 0.2) is 0 Å². The van der Waals surface area contributed by atoms with Crippen LogP contribution in [0.1, 0.15) is 206 Å². The van der Waals surface area contributed by atoms with Crippen molar-refractivity contribution in [2.24, 2.45) is 0 Å². The second-order valence-electron chi connectivity index (χ2n) is 11.8. The maximum absolute atomic E-state index is 4.95. The lowest BCUT2D eigenvalue weighted by Gasteiger charge is -2.22. The summed E-state index contributed by atoms with van der Waals surface area (Å²) in [5, 5.41) is 0. The third kappa shape index (κ3) is 16.9. The quantitative estimate of drug-likeness (QED) is 0.109. The lowest BCUT2D eigenvalue weighted by Crippen LogP contribution is -2.13. The van der Waals surface area contributed by atoms with Gasteiger partial charge < -0.3 is 4.57 Å². The third-order valence-corrected chi connectivity index (χ3v) is 8.33. The van der Waals surface area contributed by atoms with E-state index in [-0.39, 0.29) is 0 Å². The number of imidazole rings is 1. The fourth-order valence-corrected chi connectivity index (χ4v) is 5.82. The maximum atomic E-state index is 4.95. The molecule has 0 aromatic carbocycles. The zero-order valence-corrected chi connectivity index (χ0v) is 25.4. The van der Waals surface area contributed by atoms with Gasteiger partial charge in [0.1, 0.15) is 5.82 Å². The van der Waals surface area contributed by atoms with Gasteiger partial charge in [-0.15, -0.1) is 0 Å². The molecule has 2 heteroatoms. The van der Waals surface area contributed by atoms with Gasteiger partial charge in [-0.3, -0.25) is 0 Å². The summed E-state index contributed by atoms with van der Waals surface area (Å²) in [7, 11) is 0. The number of unbranched alkanes of at least 4 members (excludes halogenated alkanes) is 19. The highest BCUT2D eigenvalue weighted by Gasteiger charge is 2.19. The predicted octanol–water partition coefficient (Wildman–Crippen LogP) is 12.3. The van der Waals surface area contributed by atoms with Crippen LogP contribution < -0.4 is 0 Å². The molecule has 1 aromatic rings. The van der Waals surface area contributed by atoms with E-state index in [1.807, 2.05) is 0 Å². The van der Waals surface area contributed by atoms with Gasteiger partial charge in [-0.1, -0.05) is 162 Å². The monoisotopic (exact) mass is 503 g/mol. The lowest BCUT2D eigenvalue weighted by atomic mass is 9.93. The van der Waals surface area contributed by atoms with E-state index in [4.69, 9.17) is 4.98 Å². The Labute approximate surface area is 227 Å². The Morgan fingerprint density at radius 3 is 1.33 bits per heavy atom. The summed E-state index contributed by atoms with van der Waals surface area (Å²) in [4.78, 5) is 4.95. The molecular weight excluding hydrogens is 436 g/mol. The molecule has 0 aliphatic rings. The van der Waals surface area contributed by atoms with E-state index in [9.17, 15) is 0 Å². The van der Waals surface area contributed by atoms with Crippen LogP contribution in [0.3, 0.4) is 0 Å². The van der Waals surface area contributed by atoms with Gasteiger partial charge in [0, 0.05) is 24.4 Å². The molecule has 0 aliphatic carbocycles. The van der Waals surface area contributed by atoms with E-state index < -0.39 is 0 Å². The summed E-state index contributed by atoms with van der Waals surface area (Å²) in [5.74, 6) is 2.06. The normalized spacial score (nSPS) is 13.3. The fourth-order valence-electron chi connectivity index (χ4n) is 5.82. The van der Waals surface area contributed by atoms with Crippen LogP contribution in [0.15, 0.2) is 12.4 Å². The van der Waals surface area contributed by atoms with Crippen molar-refractivity contribution in [2.75, 3.05) is 0 Å². The SMILES string of the molecule is CCCCCCCCCCCCCC(CCCCCC)c1nccn1C(C)CCCCCCCCC. The van der Waals surface area contributed by atoms with E-state index in [0.29, 0.717) is 12.0 Å². The van der Waals surface area contributed by atoms with Gasteiger partial charge in [-0.25, -0.2) is 4.98 Å². The first-order chi connectivity index (χ1) is 17.7. The average molecular weight is 503 g/mol. The van der Waals surface area contributed by atoms with Gasteiger partial charge in [0.2, 0.25) is 0 Å². The van der Waals surface area contributed by atoms with Crippen LogP contribution in [0.25, 0.3) is 0 Å². The molecule has 0 saturated carbocycles. The molecule has 0 amide bonds. The van der Waals surface area contributed by atoms with Gasteiger partial charge in [-0.05, 0) is 26.2 Å². The molecule has 0 N–H and O–H groups in total. The van der Waals surface area contributed by atoms with Crippen LogP contribution in [0.4, 0.5) is 0 Å². The molecule has 1 rings (SSSR count). The van der Waals surface area contributed by atoms with Crippen LogP contribution in [-0.4, -0.2) is 9.55 Å². The second-order valence-corrected chi connectivity index (χ2v) is 11.8. The minimum atomic E-state index is 0.591. The van der Waals surface area contributed by atoms with Crippen molar-refractivity contribution in [3.05, 3.63) is 18.2 Å². The first-order valence-electron chi connectivity index (χ1n) is 16.8. The smallest absolute Gasteiger partial charge is 0.111 e. The molecule has 0 spiro atoms. The molecule has 0 bridgehead atoms. The highest BCUT2D eigenvalue weighted by molar-refractivity contribution is 5.02. The predicted molar refractivity (Wildman–Crippen MR) is 162 cm³/mol. The molecule has 2 atom stereocenters. The summed E-state index contributed by atoms with van der Waals surface area (Å²) < 4.78 is 2.56. The first-order valence-corrected chi connectivity index (χ1v) is 16.8. The Bertz CT molecular complexity index is 563. The van der Waals surface area contributed by atoms with Crippen molar-refractivity contribution in [1.29, 1.82) is 0 Å². The van der Waals surface area contributed by atoms with Crippen molar-refractivity contribution >= 4 is 0 Å². The van der Waals surface area contributed by atoms with E-state index >= 15 is 0 Å². The highest BCUT2D eigenvalue weighted by Crippen LogP contribution is 2.30. The van der Waals surface area contributed by atoms with Crippen molar-refractivity contribution in [3.8, 4) is 0 Å². The molecule has 0 radical (unpaired) electrons. The molecule has 1 heterocycles. The number of aromatic nitrogens is 2. The molecule has 0 fully saturated rings. The fraction of sp³-hybridized carbons (Fsp3) is 0.912.